The monoisotopic (exact) mass is 315 g/mol. The minimum atomic E-state index is -0.284. The van der Waals surface area contributed by atoms with Crippen LogP contribution in [0.5, 0.6) is 5.75 Å². The fourth-order valence-electron chi connectivity index (χ4n) is 2.95. The van der Waals surface area contributed by atoms with E-state index in [2.05, 4.69) is 5.32 Å². The molecule has 0 radical (unpaired) electrons. The van der Waals surface area contributed by atoms with Gasteiger partial charge in [-0.1, -0.05) is 0 Å². The van der Waals surface area contributed by atoms with Crippen molar-refractivity contribution < 1.29 is 13.9 Å². The van der Waals surface area contributed by atoms with Gasteiger partial charge in [0.1, 0.15) is 11.3 Å². The Labute approximate surface area is 134 Å². The number of nitrogens with one attached hydrogen (secondary N) is 1. The fourth-order valence-corrected chi connectivity index (χ4v) is 2.95. The molecule has 0 fully saturated rings. The number of amides is 1. The summed E-state index contributed by atoms with van der Waals surface area (Å²) in [5.41, 5.74) is 1.89. The molecule has 3 rings (SSSR count). The van der Waals surface area contributed by atoms with Crippen LogP contribution in [0, 0.1) is 0 Å². The number of fused-ring (bicyclic) bond motifs is 3. The summed E-state index contributed by atoms with van der Waals surface area (Å²) in [6.45, 7) is 5.73. The standard InChI is InChI=1S/C18H21NO4/c1-18(2,3)19-16(20)10-22-11-7-8-15-14(9-11)12-5-4-6-13(12)17(21)23-15/h7-9H,4-6,10H2,1-3H3,(H,19,20). The van der Waals surface area contributed by atoms with Crippen LogP contribution in [0.25, 0.3) is 11.0 Å². The molecular weight excluding hydrogens is 294 g/mol. The molecule has 5 heteroatoms. The molecule has 0 unspecified atom stereocenters. The molecule has 1 aliphatic rings. The number of aryl methyl sites for hydroxylation is 1. The van der Waals surface area contributed by atoms with Crippen molar-refractivity contribution in [3.8, 4) is 5.75 Å². The number of hydrogen-bond acceptors (Lipinski definition) is 4. The molecule has 1 amide bonds. The Morgan fingerprint density at radius 3 is 2.74 bits per heavy atom. The SMILES string of the molecule is CC(C)(C)NC(=O)COc1ccc2oc(=O)c3c(c2c1)CCC3. The van der Waals surface area contributed by atoms with E-state index in [9.17, 15) is 9.59 Å². The van der Waals surface area contributed by atoms with Crippen molar-refractivity contribution >= 4 is 16.9 Å². The van der Waals surface area contributed by atoms with E-state index in [0.717, 1.165) is 35.8 Å². The molecule has 0 aliphatic heterocycles. The summed E-state index contributed by atoms with van der Waals surface area (Å²) >= 11 is 0. The first kappa shape index (κ1) is 15.6. The Kier molecular flexibility index (Phi) is 3.88. The molecule has 2 aromatic rings. The largest absolute Gasteiger partial charge is 0.484 e. The first-order chi connectivity index (χ1) is 10.8. The van der Waals surface area contributed by atoms with Crippen LogP contribution in [0.15, 0.2) is 27.4 Å². The number of ether oxygens (including phenoxy) is 1. The Balaban J connectivity index is 1.82. The van der Waals surface area contributed by atoms with E-state index in [-0.39, 0.29) is 23.7 Å². The van der Waals surface area contributed by atoms with Crippen LogP contribution in [0.4, 0.5) is 0 Å². The molecule has 122 valence electrons. The highest BCUT2D eigenvalue weighted by atomic mass is 16.5. The van der Waals surface area contributed by atoms with Crippen LogP contribution < -0.4 is 15.7 Å². The highest BCUT2D eigenvalue weighted by Gasteiger charge is 2.20. The molecule has 0 spiro atoms. The lowest BCUT2D eigenvalue weighted by Gasteiger charge is -2.20. The number of carbonyl (C=O) groups excluding carboxylic acids is 1. The third-order valence-corrected chi connectivity index (χ3v) is 3.83. The number of rotatable bonds is 3. The van der Waals surface area contributed by atoms with Gasteiger partial charge in [-0.05, 0) is 63.8 Å². The van der Waals surface area contributed by atoms with Gasteiger partial charge in [0.15, 0.2) is 6.61 Å². The maximum absolute atomic E-state index is 11.9. The third-order valence-electron chi connectivity index (χ3n) is 3.83. The van der Waals surface area contributed by atoms with Gasteiger partial charge < -0.3 is 14.5 Å². The zero-order valence-corrected chi connectivity index (χ0v) is 13.7. The first-order valence-corrected chi connectivity index (χ1v) is 7.86. The van der Waals surface area contributed by atoms with Crippen LogP contribution in [0.1, 0.15) is 38.3 Å². The van der Waals surface area contributed by atoms with Crippen LogP contribution in [0.3, 0.4) is 0 Å². The lowest BCUT2D eigenvalue weighted by atomic mass is 10.1. The quantitative estimate of drug-likeness (QED) is 0.884. The van der Waals surface area contributed by atoms with Crippen molar-refractivity contribution in [1.82, 2.24) is 5.32 Å². The van der Waals surface area contributed by atoms with Gasteiger partial charge in [0.05, 0.1) is 0 Å². The molecule has 1 aromatic carbocycles. The lowest BCUT2D eigenvalue weighted by molar-refractivity contribution is -0.124. The van der Waals surface area contributed by atoms with Crippen molar-refractivity contribution in [2.24, 2.45) is 0 Å². The average Bonchev–Trinajstić information content (AvgIpc) is 2.94. The summed E-state index contributed by atoms with van der Waals surface area (Å²) in [4.78, 5) is 23.7. The van der Waals surface area contributed by atoms with Gasteiger partial charge in [-0.3, -0.25) is 4.79 Å². The lowest BCUT2D eigenvalue weighted by Crippen LogP contribution is -2.43. The van der Waals surface area contributed by atoms with Crippen molar-refractivity contribution in [2.45, 2.75) is 45.6 Å². The van der Waals surface area contributed by atoms with Crippen molar-refractivity contribution in [3.05, 3.63) is 39.7 Å². The second-order valence-corrected chi connectivity index (χ2v) is 6.94. The minimum absolute atomic E-state index is 0.0399. The summed E-state index contributed by atoms with van der Waals surface area (Å²) in [6, 6.07) is 5.30. The fraction of sp³-hybridized carbons (Fsp3) is 0.444. The van der Waals surface area contributed by atoms with Crippen LogP contribution in [-0.2, 0) is 17.6 Å². The number of carbonyl (C=O) groups is 1. The van der Waals surface area contributed by atoms with Crippen molar-refractivity contribution in [2.75, 3.05) is 6.61 Å². The molecule has 1 aromatic heterocycles. The van der Waals surface area contributed by atoms with Gasteiger partial charge in [-0.15, -0.1) is 0 Å². The molecule has 1 heterocycles. The van der Waals surface area contributed by atoms with E-state index in [1.807, 2.05) is 26.8 Å². The topological polar surface area (TPSA) is 68.5 Å². The molecule has 0 saturated carbocycles. The van der Waals surface area contributed by atoms with Gasteiger partial charge in [0.25, 0.3) is 5.91 Å². The Bertz CT molecular complexity index is 814. The van der Waals surface area contributed by atoms with Gasteiger partial charge in [0, 0.05) is 16.5 Å². The molecule has 1 aliphatic carbocycles. The maximum Gasteiger partial charge on any atom is 0.339 e. The van der Waals surface area contributed by atoms with E-state index in [0.29, 0.717) is 11.3 Å². The molecule has 0 atom stereocenters. The zero-order valence-electron chi connectivity index (χ0n) is 13.7. The maximum atomic E-state index is 11.9. The number of hydrogen-bond donors (Lipinski definition) is 1. The molecular formula is C18H21NO4. The molecule has 0 bridgehead atoms. The summed E-state index contributed by atoms with van der Waals surface area (Å²) in [5.74, 6) is 0.437. The predicted octanol–water partition coefficient (Wildman–Crippen LogP) is 2.58. The van der Waals surface area contributed by atoms with E-state index < -0.39 is 0 Å². The minimum Gasteiger partial charge on any atom is -0.484 e. The molecule has 1 N–H and O–H groups in total. The molecule has 5 nitrogen and oxygen atoms in total. The van der Waals surface area contributed by atoms with Crippen molar-refractivity contribution in [1.29, 1.82) is 0 Å². The van der Waals surface area contributed by atoms with Gasteiger partial charge in [-0.25, -0.2) is 4.79 Å². The second-order valence-electron chi connectivity index (χ2n) is 6.94. The molecule has 23 heavy (non-hydrogen) atoms. The van der Waals surface area contributed by atoms with E-state index in [4.69, 9.17) is 9.15 Å². The smallest absolute Gasteiger partial charge is 0.339 e. The Morgan fingerprint density at radius 2 is 2.00 bits per heavy atom. The van der Waals surface area contributed by atoms with Crippen molar-refractivity contribution in [3.63, 3.8) is 0 Å². The van der Waals surface area contributed by atoms with E-state index in [1.165, 1.54) is 0 Å². The summed E-state index contributed by atoms with van der Waals surface area (Å²) < 4.78 is 10.9. The predicted molar refractivity (Wildman–Crippen MR) is 87.9 cm³/mol. The summed E-state index contributed by atoms with van der Waals surface area (Å²) in [5, 5.41) is 3.76. The van der Waals surface area contributed by atoms with E-state index >= 15 is 0 Å². The van der Waals surface area contributed by atoms with Crippen LogP contribution >= 0.6 is 0 Å². The van der Waals surface area contributed by atoms with Gasteiger partial charge >= 0.3 is 5.63 Å². The Hall–Kier alpha value is -2.30. The second kappa shape index (κ2) is 5.72. The Morgan fingerprint density at radius 1 is 1.26 bits per heavy atom. The average molecular weight is 315 g/mol. The van der Waals surface area contributed by atoms with Crippen LogP contribution in [0.2, 0.25) is 0 Å². The summed E-state index contributed by atoms with van der Waals surface area (Å²) in [7, 11) is 0. The highest BCUT2D eigenvalue weighted by Crippen LogP contribution is 2.29. The van der Waals surface area contributed by atoms with Crippen LogP contribution in [-0.4, -0.2) is 18.1 Å². The van der Waals surface area contributed by atoms with E-state index in [1.54, 1.807) is 12.1 Å². The third kappa shape index (κ3) is 3.38. The number of benzene rings is 1. The van der Waals surface area contributed by atoms with Gasteiger partial charge in [0.2, 0.25) is 0 Å². The van der Waals surface area contributed by atoms with Gasteiger partial charge in [-0.2, -0.15) is 0 Å². The first-order valence-electron chi connectivity index (χ1n) is 7.86. The normalized spacial score (nSPS) is 13.9. The highest BCUT2D eigenvalue weighted by molar-refractivity contribution is 5.83. The molecule has 0 saturated heterocycles. The zero-order chi connectivity index (χ0) is 16.6. The summed E-state index contributed by atoms with van der Waals surface area (Å²) in [6.07, 6.45) is 2.62.